The summed E-state index contributed by atoms with van der Waals surface area (Å²) >= 11 is 0. The van der Waals surface area contributed by atoms with E-state index in [0.29, 0.717) is 12.1 Å². The fraction of sp³-hybridized carbons (Fsp3) is 0.167. The Hall–Kier alpha value is -2.37. The first-order chi connectivity index (χ1) is 8.78. The summed E-state index contributed by atoms with van der Waals surface area (Å²) in [5.74, 6) is -1.32. The van der Waals surface area contributed by atoms with Crippen molar-refractivity contribution < 1.29 is 13.9 Å². The fourth-order valence-corrected chi connectivity index (χ4v) is 1.84. The molecule has 1 aromatic heterocycles. The summed E-state index contributed by atoms with van der Waals surface area (Å²) in [5, 5.41) is 4.01. The summed E-state index contributed by atoms with van der Waals surface area (Å²) < 4.78 is 25.6. The van der Waals surface area contributed by atoms with Crippen LogP contribution < -0.4 is 0 Å². The monoisotopic (exact) mass is 247 g/mol. The van der Waals surface area contributed by atoms with Gasteiger partial charge in [-0.05, 0) is 24.3 Å². The molecule has 0 aliphatic carbocycles. The van der Waals surface area contributed by atoms with Crippen molar-refractivity contribution in [3.05, 3.63) is 60.8 Å². The Balaban J connectivity index is 1.94. The Morgan fingerprint density at radius 1 is 1.17 bits per heavy atom. The van der Waals surface area contributed by atoms with E-state index in [1.54, 1.807) is 23.1 Å². The largest absolute Gasteiger partial charge is 0.451 e. The van der Waals surface area contributed by atoms with Crippen molar-refractivity contribution in [1.82, 2.24) is 14.8 Å². The van der Waals surface area contributed by atoms with Crippen LogP contribution in [0.5, 0.6) is 0 Å². The number of aromatic nitrogens is 3. The van der Waals surface area contributed by atoms with Crippen LogP contribution in [0.25, 0.3) is 0 Å². The number of nitrogens with zero attached hydrogens (tertiary/aromatic N) is 3. The van der Waals surface area contributed by atoms with Crippen molar-refractivity contribution in [2.24, 2.45) is 0 Å². The second-order valence-corrected chi connectivity index (χ2v) is 3.86. The summed E-state index contributed by atoms with van der Waals surface area (Å²) in [7, 11) is 0. The van der Waals surface area contributed by atoms with Gasteiger partial charge in [0.25, 0.3) is 5.79 Å². The third-order valence-electron chi connectivity index (χ3n) is 2.69. The van der Waals surface area contributed by atoms with E-state index in [0.717, 1.165) is 0 Å². The van der Waals surface area contributed by atoms with Gasteiger partial charge >= 0.3 is 0 Å². The van der Waals surface area contributed by atoms with E-state index in [2.05, 4.69) is 10.1 Å². The lowest BCUT2D eigenvalue weighted by Crippen LogP contribution is -2.33. The van der Waals surface area contributed by atoms with Crippen molar-refractivity contribution in [3.63, 3.8) is 0 Å². The zero-order valence-corrected chi connectivity index (χ0v) is 9.36. The fourth-order valence-electron chi connectivity index (χ4n) is 1.84. The minimum atomic E-state index is -1.01. The highest BCUT2D eigenvalue weighted by Gasteiger charge is 2.39. The minimum absolute atomic E-state index is 0.305. The van der Waals surface area contributed by atoms with Crippen LogP contribution in [-0.4, -0.2) is 14.8 Å². The number of ether oxygens (including phenoxy) is 2. The lowest BCUT2D eigenvalue weighted by Gasteiger charge is -2.27. The lowest BCUT2D eigenvalue weighted by molar-refractivity contribution is -0.162. The molecule has 2 heterocycles. The zero-order chi connectivity index (χ0) is 12.4. The first kappa shape index (κ1) is 10.8. The molecule has 2 aromatic rings. The molecular weight excluding hydrogens is 237 g/mol. The molecule has 0 radical (unpaired) electrons. The maximum absolute atomic E-state index is 13.0. The Labute approximate surface area is 102 Å². The molecule has 92 valence electrons. The molecule has 0 spiro atoms. The highest BCUT2D eigenvalue weighted by atomic mass is 19.1. The van der Waals surface area contributed by atoms with Crippen LogP contribution >= 0.6 is 0 Å². The summed E-state index contributed by atoms with van der Waals surface area (Å²) in [6.45, 7) is 0.325. The molecule has 0 saturated carbocycles. The van der Waals surface area contributed by atoms with Crippen molar-refractivity contribution in [2.45, 2.75) is 12.3 Å². The topological polar surface area (TPSA) is 49.2 Å². The third-order valence-corrected chi connectivity index (χ3v) is 2.69. The average molecular weight is 247 g/mol. The predicted molar refractivity (Wildman–Crippen MR) is 59.4 cm³/mol. The van der Waals surface area contributed by atoms with Crippen LogP contribution in [0.1, 0.15) is 5.56 Å². The van der Waals surface area contributed by atoms with Crippen LogP contribution in [0.4, 0.5) is 4.39 Å². The maximum atomic E-state index is 13.0. The normalized spacial score (nSPS) is 16.3. The van der Waals surface area contributed by atoms with E-state index >= 15 is 0 Å². The standard InChI is InChI=1S/C12H10FN3O2/c13-11-3-1-10(2-4-11)12(17-5-6-18-12)7-16-9-14-8-15-16/h1-6,8-9H,7H2. The Morgan fingerprint density at radius 2 is 1.89 bits per heavy atom. The van der Waals surface area contributed by atoms with Gasteiger partial charge in [0.15, 0.2) is 0 Å². The van der Waals surface area contributed by atoms with Crippen LogP contribution in [0, 0.1) is 5.82 Å². The Morgan fingerprint density at radius 3 is 2.50 bits per heavy atom. The van der Waals surface area contributed by atoms with E-state index in [-0.39, 0.29) is 5.82 Å². The Bertz CT molecular complexity index is 543. The minimum Gasteiger partial charge on any atom is -0.451 e. The van der Waals surface area contributed by atoms with Gasteiger partial charge in [-0.3, -0.25) is 0 Å². The molecule has 1 aliphatic heterocycles. The average Bonchev–Trinajstić information content (AvgIpc) is 3.03. The summed E-state index contributed by atoms with van der Waals surface area (Å²) in [5.41, 5.74) is 0.712. The van der Waals surface area contributed by atoms with Gasteiger partial charge in [-0.15, -0.1) is 0 Å². The van der Waals surface area contributed by atoms with Gasteiger partial charge in [-0.1, -0.05) is 0 Å². The molecule has 5 nitrogen and oxygen atoms in total. The van der Waals surface area contributed by atoms with Gasteiger partial charge in [0.05, 0.1) is 0 Å². The van der Waals surface area contributed by atoms with Crippen molar-refractivity contribution in [2.75, 3.05) is 0 Å². The number of rotatable bonds is 3. The van der Waals surface area contributed by atoms with Crippen LogP contribution in [0.3, 0.4) is 0 Å². The summed E-state index contributed by atoms with van der Waals surface area (Å²) in [6.07, 6.45) is 5.91. The molecule has 18 heavy (non-hydrogen) atoms. The maximum Gasteiger partial charge on any atom is 0.296 e. The van der Waals surface area contributed by atoms with Crippen LogP contribution in [0.15, 0.2) is 49.4 Å². The van der Waals surface area contributed by atoms with Crippen molar-refractivity contribution in [3.8, 4) is 0 Å². The van der Waals surface area contributed by atoms with Gasteiger partial charge in [0.1, 0.15) is 37.5 Å². The van der Waals surface area contributed by atoms with Gasteiger partial charge < -0.3 is 9.47 Å². The number of hydrogen-bond donors (Lipinski definition) is 0. The summed E-state index contributed by atoms with van der Waals surface area (Å²) in [6, 6.07) is 5.98. The van der Waals surface area contributed by atoms with Gasteiger partial charge in [-0.25, -0.2) is 14.1 Å². The quantitative estimate of drug-likeness (QED) is 0.829. The Kier molecular flexibility index (Phi) is 2.47. The zero-order valence-electron chi connectivity index (χ0n) is 9.36. The van der Waals surface area contributed by atoms with E-state index in [1.165, 1.54) is 31.0 Å². The lowest BCUT2D eigenvalue weighted by atomic mass is 10.1. The molecule has 0 fully saturated rings. The van der Waals surface area contributed by atoms with Gasteiger partial charge in [0, 0.05) is 5.56 Å². The number of hydrogen-bond acceptors (Lipinski definition) is 4. The molecule has 3 rings (SSSR count). The molecule has 0 atom stereocenters. The van der Waals surface area contributed by atoms with Gasteiger partial charge in [0.2, 0.25) is 0 Å². The molecule has 0 bridgehead atoms. The van der Waals surface area contributed by atoms with E-state index in [9.17, 15) is 4.39 Å². The third kappa shape index (κ3) is 1.81. The molecule has 0 N–H and O–H groups in total. The molecule has 0 saturated heterocycles. The second-order valence-electron chi connectivity index (χ2n) is 3.86. The highest BCUT2D eigenvalue weighted by Crippen LogP contribution is 2.33. The molecule has 0 amide bonds. The SMILES string of the molecule is Fc1ccc(C2(Cn3cncn3)OC=CO2)cc1. The van der Waals surface area contributed by atoms with Crippen molar-refractivity contribution in [1.29, 1.82) is 0 Å². The molecular formula is C12H10FN3O2. The van der Waals surface area contributed by atoms with E-state index in [4.69, 9.17) is 9.47 Å². The predicted octanol–water partition coefficient (Wildman–Crippen LogP) is 1.79. The first-order valence-electron chi connectivity index (χ1n) is 5.38. The number of benzene rings is 1. The molecule has 1 aliphatic rings. The second kappa shape index (κ2) is 4.14. The van der Waals surface area contributed by atoms with E-state index in [1.807, 2.05) is 0 Å². The van der Waals surface area contributed by atoms with Crippen molar-refractivity contribution >= 4 is 0 Å². The van der Waals surface area contributed by atoms with Crippen LogP contribution in [-0.2, 0) is 21.8 Å². The molecule has 6 heteroatoms. The van der Waals surface area contributed by atoms with Gasteiger partial charge in [-0.2, -0.15) is 5.10 Å². The van der Waals surface area contributed by atoms with E-state index < -0.39 is 5.79 Å². The molecule has 0 unspecified atom stereocenters. The van der Waals surface area contributed by atoms with Crippen LogP contribution in [0.2, 0.25) is 0 Å². The first-order valence-corrected chi connectivity index (χ1v) is 5.38. The highest BCUT2D eigenvalue weighted by molar-refractivity contribution is 5.22. The number of halogens is 1. The smallest absolute Gasteiger partial charge is 0.296 e. The summed E-state index contributed by atoms with van der Waals surface area (Å²) in [4.78, 5) is 3.86. The molecule has 1 aromatic carbocycles.